The largest absolute Gasteiger partial charge is 0.490 e. The molecule has 0 aromatic heterocycles. The van der Waals surface area contributed by atoms with Gasteiger partial charge in [-0.25, -0.2) is 0 Å². The maximum atomic E-state index is 12.4. The third-order valence-corrected chi connectivity index (χ3v) is 4.52. The van der Waals surface area contributed by atoms with Crippen molar-refractivity contribution in [2.24, 2.45) is 0 Å². The van der Waals surface area contributed by atoms with E-state index >= 15 is 0 Å². The van der Waals surface area contributed by atoms with Crippen molar-refractivity contribution in [2.75, 3.05) is 31.1 Å². The minimum atomic E-state index is 0.0724. The lowest BCUT2D eigenvalue weighted by molar-refractivity contribution is 0.0651. The first-order chi connectivity index (χ1) is 11.8. The van der Waals surface area contributed by atoms with Crippen molar-refractivity contribution in [1.29, 1.82) is 5.26 Å². The lowest BCUT2D eigenvalue weighted by atomic mass is 10.1. The molecule has 1 saturated heterocycles. The first-order valence-electron chi connectivity index (χ1n) is 8.10. The molecule has 1 fully saturated rings. The molecular formula is C19H17N3O2. The Bertz CT molecular complexity index is 819. The quantitative estimate of drug-likeness (QED) is 0.854. The fourth-order valence-electron chi connectivity index (χ4n) is 3.04. The Morgan fingerprint density at radius 3 is 2.54 bits per heavy atom. The summed E-state index contributed by atoms with van der Waals surface area (Å²) < 4.78 is 5.78. The molecule has 2 aliphatic heterocycles. The molecule has 0 radical (unpaired) electrons. The molecule has 2 heterocycles. The predicted octanol–water partition coefficient (Wildman–Crippen LogP) is 2.93. The summed E-state index contributed by atoms with van der Waals surface area (Å²) in [4.78, 5) is 16.4. The summed E-state index contributed by atoms with van der Waals surface area (Å²) in [6.45, 7) is 2.98. The predicted molar refractivity (Wildman–Crippen MR) is 90.6 cm³/mol. The van der Waals surface area contributed by atoms with E-state index in [0.717, 1.165) is 43.2 Å². The summed E-state index contributed by atoms with van der Waals surface area (Å²) in [6, 6.07) is 15.3. The topological polar surface area (TPSA) is 56.6 Å². The highest BCUT2D eigenvalue weighted by Gasteiger charge is 2.25. The third-order valence-electron chi connectivity index (χ3n) is 4.52. The van der Waals surface area contributed by atoms with Gasteiger partial charge in [0.1, 0.15) is 12.4 Å². The molecule has 0 unspecified atom stereocenters. The number of carbonyl (C=O) groups is 1. The number of rotatable bonds is 2. The van der Waals surface area contributed by atoms with Gasteiger partial charge in [0.2, 0.25) is 0 Å². The molecule has 5 heteroatoms. The maximum Gasteiger partial charge on any atom is 0.253 e. The van der Waals surface area contributed by atoms with E-state index in [0.29, 0.717) is 17.7 Å². The number of hydrogen-bond donors (Lipinski definition) is 0. The Morgan fingerprint density at radius 1 is 1.08 bits per heavy atom. The number of carbonyl (C=O) groups excluding carboxylic acids is 1. The van der Waals surface area contributed by atoms with E-state index in [1.807, 2.05) is 47.4 Å². The molecule has 0 bridgehead atoms. The van der Waals surface area contributed by atoms with Crippen LogP contribution in [-0.4, -0.2) is 37.0 Å². The minimum Gasteiger partial charge on any atom is -0.490 e. The Kier molecular flexibility index (Phi) is 3.58. The third kappa shape index (κ3) is 2.46. The van der Waals surface area contributed by atoms with Gasteiger partial charge >= 0.3 is 0 Å². The number of anilines is 2. The number of fused-ring (bicyclic) bond motifs is 1. The Balaban J connectivity index is 1.65. The van der Waals surface area contributed by atoms with E-state index in [1.165, 1.54) is 0 Å². The van der Waals surface area contributed by atoms with Crippen LogP contribution in [0.2, 0.25) is 0 Å². The molecule has 0 spiro atoms. The Labute approximate surface area is 140 Å². The average molecular weight is 319 g/mol. The number of ether oxygens (including phenoxy) is 1. The molecule has 0 atom stereocenters. The molecular weight excluding hydrogens is 302 g/mol. The molecule has 5 nitrogen and oxygen atoms in total. The van der Waals surface area contributed by atoms with Crippen LogP contribution in [0.15, 0.2) is 42.5 Å². The zero-order chi connectivity index (χ0) is 16.5. The molecule has 1 amide bonds. The van der Waals surface area contributed by atoms with Gasteiger partial charge in [-0.2, -0.15) is 5.26 Å². The zero-order valence-corrected chi connectivity index (χ0v) is 13.2. The smallest absolute Gasteiger partial charge is 0.253 e. The van der Waals surface area contributed by atoms with Crippen molar-refractivity contribution in [2.45, 2.75) is 6.42 Å². The number of likely N-dealkylation sites (tertiary alicyclic amines) is 1. The van der Waals surface area contributed by atoms with Gasteiger partial charge in [0.15, 0.2) is 0 Å². The second-order valence-corrected chi connectivity index (χ2v) is 5.99. The highest BCUT2D eigenvalue weighted by molar-refractivity contribution is 5.96. The summed E-state index contributed by atoms with van der Waals surface area (Å²) in [5.41, 5.74) is 3.28. The van der Waals surface area contributed by atoms with Crippen molar-refractivity contribution < 1.29 is 9.53 Å². The van der Waals surface area contributed by atoms with Gasteiger partial charge in [0.05, 0.1) is 23.9 Å². The fourth-order valence-corrected chi connectivity index (χ4v) is 3.04. The van der Waals surface area contributed by atoms with Gasteiger partial charge in [-0.05, 0) is 48.9 Å². The molecule has 0 saturated carbocycles. The molecule has 24 heavy (non-hydrogen) atoms. The van der Waals surface area contributed by atoms with Gasteiger partial charge in [-0.15, -0.1) is 0 Å². The molecule has 2 aromatic rings. The second-order valence-electron chi connectivity index (χ2n) is 5.99. The summed E-state index contributed by atoms with van der Waals surface area (Å²) in [5.74, 6) is 0.806. The van der Waals surface area contributed by atoms with E-state index in [2.05, 4.69) is 11.0 Å². The van der Waals surface area contributed by atoms with Crippen LogP contribution in [-0.2, 0) is 0 Å². The number of nitriles is 1. The van der Waals surface area contributed by atoms with Crippen LogP contribution in [0, 0.1) is 11.3 Å². The van der Waals surface area contributed by atoms with E-state index < -0.39 is 0 Å². The molecule has 120 valence electrons. The highest BCUT2D eigenvalue weighted by Crippen LogP contribution is 2.37. The normalized spacial score (nSPS) is 15.8. The Morgan fingerprint density at radius 2 is 1.88 bits per heavy atom. The molecule has 2 aromatic carbocycles. The van der Waals surface area contributed by atoms with Gasteiger partial charge in [-0.1, -0.05) is 0 Å². The van der Waals surface area contributed by atoms with Crippen LogP contribution in [0.3, 0.4) is 0 Å². The van der Waals surface area contributed by atoms with Crippen LogP contribution in [0.25, 0.3) is 0 Å². The first-order valence-corrected chi connectivity index (χ1v) is 8.10. The second kappa shape index (κ2) is 5.89. The lowest BCUT2D eigenvalue weighted by Crippen LogP contribution is -2.42. The van der Waals surface area contributed by atoms with E-state index in [-0.39, 0.29) is 5.91 Å². The van der Waals surface area contributed by atoms with Crippen LogP contribution in [0.1, 0.15) is 22.3 Å². The van der Waals surface area contributed by atoms with E-state index in [4.69, 9.17) is 10.00 Å². The van der Waals surface area contributed by atoms with Crippen LogP contribution < -0.4 is 9.64 Å². The number of amides is 1. The highest BCUT2D eigenvalue weighted by atomic mass is 16.5. The maximum absolute atomic E-state index is 12.4. The van der Waals surface area contributed by atoms with Crippen molar-refractivity contribution in [3.8, 4) is 11.8 Å². The Hall–Kier alpha value is -3.00. The van der Waals surface area contributed by atoms with Crippen LogP contribution in [0.4, 0.5) is 11.4 Å². The monoisotopic (exact) mass is 319 g/mol. The SMILES string of the molecule is N#Cc1ccc(N2CCOc3cc(C(=O)N4CCC4)ccc32)cc1. The number of hydrogen-bond acceptors (Lipinski definition) is 4. The summed E-state index contributed by atoms with van der Waals surface area (Å²) in [6.07, 6.45) is 1.08. The summed E-state index contributed by atoms with van der Waals surface area (Å²) >= 11 is 0. The molecule has 0 aliphatic carbocycles. The molecule has 0 N–H and O–H groups in total. The van der Waals surface area contributed by atoms with Gasteiger partial charge in [0.25, 0.3) is 5.91 Å². The number of nitrogens with zero attached hydrogens (tertiary/aromatic N) is 3. The van der Waals surface area contributed by atoms with Crippen LogP contribution in [0.5, 0.6) is 5.75 Å². The van der Waals surface area contributed by atoms with E-state index in [1.54, 1.807) is 0 Å². The first kappa shape index (κ1) is 14.6. The summed E-state index contributed by atoms with van der Waals surface area (Å²) in [5, 5.41) is 8.93. The lowest BCUT2D eigenvalue weighted by Gasteiger charge is -2.33. The minimum absolute atomic E-state index is 0.0724. The van der Waals surface area contributed by atoms with Crippen molar-refractivity contribution >= 4 is 17.3 Å². The molecule has 2 aliphatic rings. The van der Waals surface area contributed by atoms with Crippen molar-refractivity contribution in [1.82, 2.24) is 4.90 Å². The van der Waals surface area contributed by atoms with Crippen LogP contribution >= 0.6 is 0 Å². The standard InChI is InChI=1S/C19H17N3O2/c20-13-14-2-5-16(6-3-14)22-10-11-24-18-12-15(4-7-17(18)22)19(23)21-8-1-9-21/h2-7,12H,1,8-11H2. The molecule has 4 rings (SSSR count). The van der Waals surface area contributed by atoms with Gasteiger partial charge in [0, 0.05) is 24.3 Å². The van der Waals surface area contributed by atoms with Crippen molar-refractivity contribution in [3.05, 3.63) is 53.6 Å². The van der Waals surface area contributed by atoms with Crippen molar-refractivity contribution in [3.63, 3.8) is 0 Å². The van der Waals surface area contributed by atoms with Gasteiger partial charge < -0.3 is 14.5 Å². The summed E-state index contributed by atoms with van der Waals surface area (Å²) in [7, 11) is 0. The zero-order valence-electron chi connectivity index (χ0n) is 13.2. The average Bonchev–Trinajstić information content (AvgIpc) is 2.59. The number of benzene rings is 2. The fraction of sp³-hybridized carbons (Fsp3) is 0.263. The van der Waals surface area contributed by atoms with Gasteiger partial charge in [-0.3, -0.25) is 4.79 Å². The van der Waals surface area contributed by atoms with E-state index in [9.17, 15) is 4.79 Å².